The molecule has 0 N–H and O–H groups in total. The van der Waals surface area contributed by atoms with Gasteiger partial charge in [-0.05, 0) is 12.1 Å². The van der Waals surface area contributed by atoms with Gasteiger partial charge in [0.25, 0.3) is 0 Å². The van der Waals surface area contributed by atoms with Crippen LogP contribution in [0.2, 0.25) is 25.7 Å². The van der Waals surface area contributed by atoms with E-state index in [0.717, 1.165) is 24.6 Å². The minimum atomic E-state index is -1.00. The highest BCUT2D eigenvalue weighted by Crippen LogP contribution is 2.07. The van der Waals surface area contributed by atoms with Crippen LogP contribution in [0.15, 0.2) is 12.3 Å². The average molecular weight is 240 g/mol. The third-order valence-electron chi connectivity index (χ3n) is 2.21. The van der Waals surface area contributed by atoms with Crippen molar-refractivity contribution in [2.45, 2.75) is 38.8 Å². The highest BCUT2D eigenvalue weighted by molar-refractivity contribution is 6.76. The smallest absolute Gasteiger partial charge is 0.139 e. The van der Waals surface area contributed by atoms with Crippen molar-refractivity contribution in [2.75, 3.05) is 6.61 Å². The van der Waals surface area contributed by atoms with Crippen molar-refractivity contribution in [2.24, 2.45) is 0 Å². The summed E-state index contributed by atoms with van der Waals surface area (Å²) in [5.74, 6) is 0. The maximum atomic E-state index is 10.3. The van der Waals surface area contributed by atoms with Crippen LogP contribution in [-0.2, 0) is 22.7 Å². The number of hydrogen-bond donors (Lipinski definition) is 0. The fourth-order valence-corrected chi connectivity index (χ4v) is 1.96. The zero-order valence-electron chi connectivity index (χ0n) is 10.3. The fraction of sp³-hybridized carbons (Fsp3) is 0.636. The van der Waals surface area contributed by atoms with Crippen molar-refractivity contribution in [3.05, 3.63) is 18.0 Å². The third-order valence-corrected chi connectivity index (χ3v) is 3.91. The van der Waals surface area contributed by atoms with E-state index >= 15 is 0 Å². The molecule has 0 saturated carbocycles. The number of ether oxygens (including phenoxy) is 1. The average Bonchev–Trinajstić information content (AvgIpc) is 2.60. The molecule has 0 aromatic carbocycles. The van der Waals surface area contributed by atoms with Gasteiger partial charge in [-0.25, -0.2) is 4.68 Å². The summed E-state index contributed by atoms with van der Waals surface area (Å²) in [6.45, 7) is 8.24. The van der Waals surface area contributed by atoms with Crippen LogP contribution in [0.5, 0.6) is 0 Å². The van der Waals surface area contributed by atoms with Crippen LogP contribution in [0.1, 0.15) is 5.69 Å². The lowest BCUT2D eigenvalue weighted by Gasteiger charge is -2.15. The number of aldehydes is 1. The largest absolute Gasteiger partial charge is 0.360 e. The normalized spacial score (nSPS) is 11.7. The van der Waals surface area contributed by atoms with Crippen LogP contribution >= 0.6 is 0 Å². The molecule has 0 atom stereocenters. The fourth-order valence-electron chi connectivity index (χ4n) is 1.21. The first-order chi connectivity index (χ1) is 7.51. The van der Waals surface area contributed by atoms with E-state index in [4.69, 9.17) is 4.74 Å². The molecule has 1 aromatic rings. The molecular formula is C11H20N2O2Si. The summed E-state index contributed by atoms with van der Waals surface area (Å²) in [6.07, 6.45) is 3.08. The Balaban J connectivity index is 2.24. The lowest BCUT2D eigenvalue weighted by atomic mass is 10.3. The van der Waals surface area contributed by atoms with E-state index in [0.29, 0.717) is 13.2 Å². The predicted octanol–water partition coefficient (Wildman–Crippen LogP) is 1.94. The van der Waals surface area contributed by atoms with Crippen LogP contribution in [0.25, 0.3) is 0 Å². The summed E-state index contributed by atoms with van der Waals surface area (Å²) in [5, 5.41) is 4.21. The quantitative estimate of drug-likeness (QED) is 0.415. The van der Waals surface area contributed by atoms with E-state index in [2.05, 4.69) is 24.7 Å². The standard InChI is InChI=1S/C11H20N2O2Si/c1-16(2,3)9-8-15-10-13-6-4-11(12-13)5-7-14/h4,6-7H,5,8-10H2,1-3H3. The van der Waals surface area contributed by atoms with Crippen molar-refractivity contribution >= 4 is 14.4 Å². The van der Waals surface area contributed by atoms with E-state index in [1.165, 1.54) is 0 Å². The van der Waals surface area contributed by atoms with Crippen molar-refractivity contribution < 1.29 is 9.53 Å². The van der Waals surface area contributed by atoms with Gasteiger partial charge in [0.05, 0.1) is 5.69 Å². The first-order valence-corrected chi connectivity index (χ1v) is 9.26. The summed E-state index contributed by atoms with van der Waals surface area (Å²) in [6, 6.07) is 3.01. The first kappa shape index (κ1) is 13.1. The predicted molar refractivity (Wildman–Crippen MR) is 66.1 cm³/mol. The second-order valence-electron chi connectivity index (χ2n) is 5.07. The summed E-state index contributed by atoms with van der Waals surface area (Å²) in [5.41, 5.74) is 0.795. The monoisotopic (exact) mass is 240 g/mol. The van der Waals surface area contributed by atoms with E-state index in [1.807, 2.05) is 12.3 Å². The maximum Gasteiger partial charge on any atom is 0.139 e. The van der Waals surface area contributed by atoms with Crippen LogP contribution in [0.3, 0.4) is 0 Å². The van der Waals surface area contributed by atoms with E-state index in [1.54, 1.807) is 4.68 Å². The topological polar surface area (TPSA) is 44.1 Å². The van der Waals surface area contributed by atoms with Crippen molar-refractivity contribution in [1.29, 1.82) is 0 Å². The molecule has 0 spiro atoms. The zero-order valence-corrected chi connectivity index (χ0v) is 11.3. The van der Waals surface area contributed by atoms with Gasteiger partial charge in [-0.1, -0.05) is 19.6 Å². The minimum absolute atomic E-state index is 0.377. The lowest BCUT2D eigenvalue weighted by Crippen LogP contribution is -2.22. The number of carbonyl (C=O) groups excluding carboxylic acids is 1. The number of hydrogen-bond acceptors (Lipinski definition) is 3. The number of rotatable bonds is 7. The van der Waals surface area contributed by atoms with E-state index in [9.17, 15) is 4.79 Å². The van der Waals surface area contributed by atoms with Crippen molar-refractivity contribution in [1.82, 2.24) is 9.78 Å². The molecule has 0 aliphatic rings. The van der Waals surface area contributed by atoms with Gasteiger partial charge in [-0.3, -0.25) is 0 Å². The Labute approximate surface area is 97.6 Å². The number of aromatic nitrogens is 2. The van der Waals surface area contributed by atoms with Crippen LogP contribution in [-0.4, -0.2) is 30.7 Å². The number of nitrogens with zero attached hydrogens (tertiary/aromatic N) is 2. The molecule has 0 amide bonds. The molecule has 0 bridgehead atoms. The Morgan fingerprint density at radius 3 is 2.88 bits per heavy atom. The molecule has 0 unspecified atom stereocenters. The van der Waals surface area contributed by atoms with Gasteiger partial charge in [0.2, 0.25) is 0 Å². The highest BCUT2D eigenvalue weighted by Gasteiger charge is 2.11. The molecule has 0 radical (unpaired) electrons. The molecule has 0 aliphatic heterocycles. The Bertz CT molecular complexity index is 331. The van der Waals surface area contributed by atoms with Gasteiger partial charge >= 0.3 is 0 Å². The molecule has 1 heterocycles. The molecule has 0 fully saturated rings. The summed E-state index contributed by atoms with van der Waals surface area (Å²) >= 11 is 0. The van der Waals surface area contributed by atoms with Gasteiger partial charge in [-0.15, -0.1) is 0 Å². The Morgan fingerprint density at radius 2 is 2.25 bits per heavy atom. The molecule has 4 nitrogen and oxygen atoms in total. The molecular weight excluding hydrogens is 220 g/mol. The van der Waals surface area contributed by atoms with Gasteiger partial charge in [0.1, 0.15) is 13.0 Å². The molecule has 1 rings (SSSR count). The molecule has 5 heteroatoms. The molecule has 90 valence electrons. The second-order valence-corrected chi connectivity index (χ2v) is 10.7. The van der Waals surface area contributed by atoms with Crippen LogP contribution < -0.4 is 0 Å². The van der Waals surface area contributed by atoms with E-state index < -0.39 is 8.07 Å². The first-order valence-electron chi connectivity index (χ1n) is 5.55. The lowest BCUT2D eigenvalue weighted by molar-refractivity contribution is -0.107. The van der Waals surface area contributed by atoms with Gasteiger partial charge in [-0.2, -0.15) is 5.10 Å². The second kappa shape index (κ2) is 5.96. The van der Waals surface area contributed by atoms with Gasteiger partial charge in [0, 0.05) is 27.3 Å². The van der Waals surface area contributed by atoms with Crippen LogP contribution in [0.4, 0.5) is 0 Å². The van der Waals surface area contributed by atoms with E-state index in [-0.39, 0.29) is 0 Å². The molecule has 1 aromatic heterocycles. The molecule has 16 heavy (non-hydrogen) atoms. The zero-order chi connectivity index (χ0) is 12.0. The van der Waals surface area contributed by atoms with Gasteiger partial charge in [0.15, 0.2) is 0 Å². The SMILES string of the molecule is C[Si](C)(C)CCOCn1ccc(CC=O)n1. The van der Waals surface area contributed by atoms with Crippen LogP contribution in [0, 0.1) is 0 Å². The Kier molecular flexibility index (Phi) is 4.89. The summed E-state index contributed by atoms with van der Waals surface area (Å²) < 4.78 is 7.26. The van der Waals surface area contributed by atoms with Crippen molar-refractivity contribution in [3.8, 4) is 0 Å². The van der Waals surface area contributed by atoms with Gasteiger partial charge < -0.3 is 9.53 Å². The molecule has 0 aliphatic carbocycles. The molecule has 0 saturated heterocycles. The Hall–Kier alpha value is -0.943. The third kappa shape index (κ3) is 5.23. The minimum Gasteiger partial charge on any atom is -0.360 e. The summed E-state index contributed by atoms with van der Waals surface area (Å²) in [4.78, 5) is 10.3. The highest BCUT2D eigenvalue weighted by atomic mass is 28.3. The maximum absolute atomic E-state index is 10.3. The Morgan fingerprint density at radius 1 is 1.50 bits per heavy atom. The summed E-state index contributed by atoms with van der Waals surface area (Å²) in [7, 11) is -1.00. The number of carbonyl (C=O) groups is 1. The van der Waals surface area contributed by atoms with Crippen molar-refractivity contribution in [3.63, 3.8) is 0 Å².